The van der Waals surface area contributed by atoms with Gasteiger partial charge in [0.2, 0.25) is 0 Å². The third-order valence-electron chi connectivity index (χ3n) is 2.42. The third-order valence-corrected chi connectivity index (χ3v) is 3.53. The van der Waals surface area contributed by atoms with Crippen LogP contribution in [0.3, 0.4) is 0 Å². The molecule has 1 aromatic carbocycles. The van der Waals surface area contributed by atoms with E-state index in [9.17, 15) is 13.5 Å². The summed E-state index contributed by atoms with van der Waals surface area (Å²) in [5, 5.41) is 9.71. The van der Waals surface area contributed by atoms with E-state index in [-0.39, 0.29) is 4.90 Å². The van der Waals surface area contributed by atoms with Gasteiger partial charge in [-0.25, -0.2) is 8.42 Å². The van der Waals surface area contributed by atoms with Gasteiger partial charge in [0.05, 0.1) is 11.0 Å². The SMILES string of the molecule is CCC(O)c1cc(S(C)(=O)=O)ccc1C. The molecule has 0 aliphatic carbocycles. The molecule has 0 aromatic heterocycles. The zero-order valence-corrected chi connectivity index (χ0v) is 10.0. The third kappa shape index (κ3) is 2.79. The first-order chi connectivity index (χ1) is 6.86. The summed E-state index contributed by atoms with van der Waals surface area (Å²) in [5.41, 5.74) is 1.61. The van der Waals surface area contributed by atoms with Crippen molar-refractivity contribution in [2.45, 2.75) is 31.3 Å². The summed E-state index contributed by atoms with van der Waals surface area (Å²) in [6.07, 6.45) is 1.15. The van der Waals surface area contributed by atoms with Crippen molar-refractivity contribution in [3.8, 4) is 0 Å². The summed E-state index contributed by atoms with van der Waals surface area (Å²) in [7, 11) is -3.19. The number of sulfone groups is 1. The van der Waals surface area contributed by atoms with Gasteiger partial charge in [-0.05, 0) is 36.6 Å². The molecule has 0 aliphatic heterocycles. The lowest BCUT2D eigenvalue weighted by molar-refractivity contribution is 0.172. The van der Waals surface area contributed by atoms with E-state index >= 15 is 0 Å². The van der Waals surface area contributed by atoms with Crippen LogP contribution in [0.1, 0.15) is 30.6 Å². The molecule has 0 fully saturated rings. The number of rotatable bonds is 3. The fraction of sp³-hybridized carbons (Fsp3) is 0.455. The van der Waals surface area contributed by atoms with Gasteiger partial charge in [0, 0.05) is 6.26 Å². The summed E-state index contributed by atoms with van der Waals surface area (Å²) in [4.78, 5) is 0.260. The first-order valence-electron chi connectivity index (χ1n) is 4.85. The summed E-state index contributed by atoms with van der Waals surface area (Å²) in [6.45, 7) is 3.72. The second-order valence-electron chi connectivity index (χ2n) is 3.71. The molecule has 0 bridgehead atoms. The van der Waals surface area contributed by atoms with Crippen LogP contribution < -0.4 is 0 Å². The van der Waals surface area contributed by atoms with Crippen molar-refractivity contribution >= 4 is 9.84 Å². The maximum atomic E-state index is 11.3. The molecule has 0 saturated heterocycles. The number of hydrogen-bond donors (Lipinski definition) is 1. The van der Waals surface area contributed by atoms with Gasteiger partial charge in [-0.1, -0.05) is 13.0 Å². The highest BCUT2D eigenvalue weighted by molar-refractivity contribution is 7.90. The summed E-state index contributed by atoms with van der Waals surface area (Å²) in [5.74, 6) is 0. The van der Waals surface area contributed by atoms with Gasteiger partial charge < -0.3 is 5.11 Å². The minimum atomic E-state index is -3.19. The Morgan fingerprint density at radius 1 is 1.40 bits per heavy atom. The van der Waals surface area contributed by atoms with Crippen molar-refractivity contribution in [3.05, 3.63) is 29.3 Å². The van der Waals surface area contributed by atoms with Crippen molar-refractivity contribution in [3.63, 3.8) is 0 Å². The van der Waals surface area contributed by atoms with E-state index in [1.807, 2.05) is 13.8 Å². The molecule has 1 unspecified atom stereocenters. The number of hydrogen-bond acceptors (Lipinski definition) is 3. The van der Waals surface area contributed by atoms with Crippen LogP contribution in [0.2, 0.25) is 0 Å². The van der Waals surface area contributed by atoms with E-state index in [1.54, 1.807) is 18.2 Å². The lowest BCUT2D eigenvalue weighted by Crippen LogP contribution is -2.03. The molecule has 0 radical (unpaired) electrons. The Morgan fingerprint density at radius 2 is 2.00 bits per heavy atom. The molecule has 1 atom stereocenters. The molecule has 15 heavy (non-hydrogen) atoms. The maximum Gasteiger partial charge on any atom is 0.175 e. The van der Waals surface area contributed by atoms with Crippen molar-refractivity contribution in [2.75, 3.05) is 6.26 Å². The maximum absolute atomic E-state index is 11.3. The molecule has 4 heteroatoms. The zero-order chi connectivity index (χ0) is 11.6. The zero-order valence-electron chi connectivity index (χ0n) is 9.19. The lowest BCUT2D eigenvalue weighted by atomic mass is 10.0. The first-order valence-corrected chi connectivity index (χ1v) is 6.74. The van der Waals surface area contributed by atoms with Crippen LogP contribution in [0.15, 0.2) is 23.1 Å². The van der Waals surface area contributed by atoms with Gasteiger partial charge in [0.25, 0.3) is 0 Å². The predicted octanol–water partition coefficient (Wildman–Crippen LogP) is 1.84. The number of aliphatic hydroxyl groups is 1. The fourth-order valence-electron chi connectivity index (χ4n) is 1.43. The second kappa shape index (κ2) is 4.33. The Hall–Kier alpha value is -0.870. The average molecular weight is 228 g/mol. The Morgan fingerprint density at radius 3 is 2.47 bits per heavy atom. The highest BCUT2D eigenvalue weighted by Gasteiger charge is 2.13. The molecule has 84 valence electrons. The Labute approximate surface area is 90.7 Å². The van der Waals surface area contributed by atoms with E-state index in [4.69, 9.17) is 0 Å². The number of benzene rings is 1. The number of aryl methyl sites for hydroxylation is 1. The monoisotopic (exact) mass is 228 g/mol. The van der Waals surface area contributed by atoms with Crippen molar-refractivity contribution in [1.29, 1.82) is 0 Å². The second-order valence-corrected chi connectivity index (χ2v) is 5.73. The van der Waals surface area contributed by atoms with Gasteiger partial charge in [-0.2, -0.15) is 0 Å². The first kappa shape index (κ1) is 12.2. The normalized spacial score (nSPS) is 13.9. The van der Waals surface area contributed by atoms with E-state index in [0.29, 0.717) is 12.0 Å². The van der Waals surface area contributed by atoms with Crippen LogP contribution in [0, 0.1) is 6.92 Å². The minimum Gasteiger partial charge on any atom is -0.388 e. The Kier molecular flexibility index (Phi) is 3.52. The van der Waals surface area contributed by atoms with Crippen molar-refractivity contribution in [2.24, 2.45) is 0 Å². The standard InChI is InChI=1S/C11H16O3S/c1-4-11(12)10-7-9(15(3,13)14)6-5-8(10)2/h5-7,11-12H,4H2,1-3H3. The highest BCUT2D eigenvalue weighted by atomic mass is 32.2. The predicted molar refractivity (Wildman–Crippen MR) is 59.5 cm³/mol. The van der Waals surface area contributed by atoms with Gasteiger partial charge >= 0.3 is 0 Å². The number of aliphatic hydroxyl groups excluding tert-OH is 1. The van der Waals surface area contributed by atoms with Crippen molar-refractivity contribution in [1.82, 2.24) is 0 Å². The molecule has 3 nitrogen and oxygen atoms in total. The van der Waals surface area contributed by atoms with Gasteiger partial charge in [0.15, 0.2) is 9.84 Å². The molecular weight excluding hydrogens is 212 g/mol. The Balaban J connectivity index is 3.29. The molecule has 1 N–H and O–H groups in total. The fourth-order valence-corrected chi connectivity index (χ4v) is 2.08. The molecule has 1 aromatic rings. The largest absolute Gasteiger partial charge is 0.388 e. The van der Waals surface area contributed by atoms with E-state index in [0.717, 1.165) is 5.56 Å². The van der Waals surface area contributed by atoms with E-state index in [2.05, 4.69) is 0 Å². The highest BCUT2D eigenvalue weighted by Crippen LogP contribution is 2.23. The average Bonchev–Trinajstić information content (AvgIpc) is 2.15. The topological polar surface area (TPSA) is 54.4 Å². The molecule has 0 aliphatic rings. The van der Waals surface area contributed by atoms with Crippen LogP contribution in [-0.2, 0) is 9.84 Å². The van der Waals surface area contributed by atoms with Crippen molar-refractivity contribution < 1.29 is 13.5 Å². The summed E-state index contributed by atoms with van der Waals surface area (Å²) >= 11 is 0. The summed E-state index contributed by atoms with van der Waals surface area (Å²) < 4.78 is 22.7. The van der Waals surface area contributed by atoms with Crippen LogP contribution in [0.4, 0.5) is 0 Å². The summed E-state index contributed by atoms with van der Waals surface area (Å²) in [6, 6.07) is 4.85. The van der Waals surface area contributed by atoms with Crippen LogP contribution in [0.25, 0.3) is 0 Å². The molecular formula is C11H16O3S. The molecule has 0 heterocycles. The van der Waals surface area contributed by atoms with E-state index in [1.165, 1.54) is 6.26 Å². The lowest BCUT2D eigenvalue weighted by Gasteiger charge is -2.12. The van der Waals surface area contributed by atoms with Crippen LogP contribution in [0.5, 0.6) is 0 Å². The molecule has 0 spiro atoms. The molecule has 1 rings (SSSR count). The quantitative estimate of drug-likeness (QED) is 0.859. The Bertz CT molecular complexity index is 449. The van der Waals surface area contributed by atoms with Gasteiger partial charge in [-0.15, -0.1) is 0 Å². The van der Waals surface area contributed by atoms with Crippen LogP contribution in [-0.4, -0.2) is 19.8 Å². The van der Waals surface area contributed by atoms with Crippen LogP contribution >= 0.6 is 0 Å². The molecule has 0 amide bonds. The van der Waals surface area contributed by atoms with Gasteiger partial charge in [-0.3, -0.25) is 0 Å². The smallest absolute Gasteiger partial charge is 0.175 e. The molecule has 0 saturated carbocycles. The van der Waals surface area contributed by atoms with E-state index < -0.39 is 15.9 Å². The van der Waals surface area contributed by atoms with Gasteiger partial charge in [0.1, 0.15) is 0 Å². The minimum absolute atomic E-state index is 0.260.